The Morgan fingerprint density at radius 3 is 2.84 bits per heavy atom. The van der Waals surface area contributed by atoms with Gasteiger partial charge in [0.15, 0.2) is 0 Å². The number of nitrogens with one attached hydrogen (secondary N) is 2. The highest BCUT2D eigenvalue weighted by Gasteiger charge is 2.32. The third kappa shape index (κ3) is 3.01. The SMILES string of the molecule is C[C@@H]1Oc2ccccc2[C@@H]1NC(=O)Nc1cnn(-c2ncccn2)c1. The maximum atomic E-state index is 12.3. The molecule has 0 aliphatic carbocycles. The fourth-order valence-electron chi connectivity index (χ4n) is 2.78. The van der Waals surface area contributed by atoms with Gasteiger partial charge in [0.25, 0.3) is 0 Å². The first kappa shape index (κ1) is 15.1. The van der Waals surface area contributed by atoms with Crippen molar-refractivity contribution in [3.05, 3.63) is 60.7 Å². The molecule has 1 aliphatic heterocycles. The lowest BCUT2D eigenvalue weighted by atomic mass is 10.1. The number of hydrogen-bond acceptors (Lipinski definition) is 5. The average Bonchev–Trinajstić information content (AvgIpc) is 3.21. The number of fused-ring (bicyclic) bond motifs is 1. The molecule has 0 saturated heterocycles. The number of aromatic nitrogens is 4. The second-order valence-corrected chi connectivity index (χ2v) is 5.66. The van der Waals surface area contributed by atoms with Crippen LogP contribution in [0.15, 0.2) is 55.1 Å². The maximum absolute atomic E-state index is 12.3. The second-order valence-electron chi connectivity index (χ2n) is 5.66. The molecule has 8 nitrogen and oxygen atoms in total. The zero-order chi connectivity index (χ0) is 17.2. The number of ether oxygens (including phenoxy) is 1. The fourth-order valence-corrected chi connectivity index (χ4v) is 2.78. The van der Waals surface area contributed by atoms with Crippen LogP contribution >= 0.6 is 0 Å². The van der Waals surface area contributed by atoms with Crippen molar-refractivity contribution in [1.29, 1.82) is 0 Å². The third-order valence-electron chi connectivity index (χ3n) is 3.92. The Morgan fingerprint density at radius 1 is 1.20 bits per heavy atom. The zero-order valence-electron chi connectivity index (χ0n) is 13.5. The maximum Gasteiger partial charge on any atom is 0.319 e. The molecule has 126 valence electrons. The van der Waals surface area contributed by atoms with E-state index in [0.717, 1.165) is 11.3 Å². The van der Waals surface area contributed by atoms with E-state index in [0.29, 0.717) is 11.6 Å². The van der Waals surface area contributed by atoms with E-state index in [-0.39, 0.29) is 18.2 Å². The van der Waals surface area contributed by atoms with Crippen LogP contribution < -0.4 is 15.4 Å². The number of nitrogens with zero attached hydrogens (tertiary/aromatic N) is 4. The average molecular weight is 336 g/mol. The number of amides is 2. The van der Waals surface area contributed by atoms with Crippen molar-refractivity contribution in [3.8, 4) is 11.7 Å². The Hall–Kier alpha value is -3.42. The van der Waals surface area contributed by atoms with Crippen molar-refractivity contribution in [2.45, 2.75) is 19.1 Å². The molecule has 1 aliphatic rings. The molecule has 0 fully saturated rings. The Labute approximate surface area is 143 Å². The molecule has 1 aromatic carbocycles. The van der Waals surface area contributed by atoms with E-state index in [1.807, 2.05) is 31.2 Å². The highest BCUT2D eigenvalue weighted by molar-refractivity contribution is 5.89. The molecule has 3 aromatic rings. The molecule has 0 saturated carbocycles. The van der Waals surface area contributed by atoms with Gasteiger partial charge in [-0.05, 0) is 19.1 Å². The van der Waals surface area contributed by atoms with Crippen molar-refractivity contribution in [1.82, 2.24) is 25.1 Å². The van der Waals surface area contributed by atoms with E-state index in [1.165, 1.54) is 4.68 Å². The van der Waals surface area contributed by atoms with Crippen LogP contribution in [0.5, 0.6) is 5.75 Å². The van der Waals surface area contributed by atoms with Crippen molar-refractivity contribution in [2.75, 3.05) is 5.32 Å². The monoisotopic (exact) mass is 336 g/mol. The van der Waals surface area contributed by atoms with Gasteiger partial charge >= 0.3 is 6.03 Å². The Kier molecular flexibility index (Phi) is 3.77. The number of benzene rings is 1. The van der Waals surface area contributed by atoms with Crippen LogP contribution in [0.25, 0.3) is 5.95 Å². The van der Waals surface area contributed by atoms with Crippen molar-refractivity contribution < 1.29 is 9.53 Å². The van der Waals surface area contributed by atoms with Crippen LogP contribution in [0.3, 0.4) is 0 Å². The lowest BCUT2D eigenvalue weighted by molar-refractivity contribution is 0.204. The summed E-state index contributed by atoms with van der Waals surface area (Å²) in [6, 6.07) is 8.88. The minimum Gasteiger partial charge on any atom is -0.488 e. The van der Waals surface area contributed by atoms with Crippen molar-refractivity contribution in [2.24, 2.45) is 0 Å². The lowest BCUT2D eigenvalue weighted by Crippen LogP contribution is -2.36. The van der Waals surface area contributed by atoms with Crippen LogP contribution in [0.2, 0.25) is 0 Å². The summed E-state index contributed by atoms with van der Waals surface area (Å²) in [5, 5.41) is 9.85. The lowest BCUT2D eigenvalue weighted by Gasteiger charge is -2.16. The molecule has 2 amide bonds. The van der Waals surface area contributed by atoms with Crippen LogP contribution in [0.1, 0.15) is 18.5 Å². The molecule has 2 N–H and O–H groups in total. The number of carbonyl (C=O) groups is 1. The molecule has 0 bridgehead atoms. The van der Waals surface area contributed by atoms with Crippen LogP contribution in [0.4, 0.5) is 10.5 Å². The van der Waals surface area contributed by atoms with Gasteiger partial charge in [0.2, 0.25) is 5.95 Å². The molecule has 25 heavy (non-hydrogen) atoms. The number of anilines is 1. The first-order valence-corrected chi connectivity index (χ1v) is 7.86. The van der Waals surface area contributed by atoms with E-state index in [2.05, 4.69) is 25.7 Å². The summed E-state index contributed by atoms with van der Waals surface area (Å²) in [6.45, 7) is 1.93. The summed E-state index contributed by atoms with van der Waals surface area (Å²) in [5.41, 5.74) is 1.52. The quantitative estimate of drug-likeness (QED) is 0.765. The largest absolute Gasteiger partial charge is 0.488 e. The summed E-state index contributed by atoms with van der Waals surface area (Å²) >= 11 is 0. The summed E-state index contributed by atoms with van der Waals surface area (Å²) in [7, 11) is 0. The molecule has 8 heteroatoms. The summed E-state index contributed by atoms with van der Waals surface area (Å²) in [5.74, 6) is 1.23. The first-order chi connectivity index (χ1) is 12.2. The number of para-hydroxylation sites is 1. The second kappa shape index (κ2) is 6.23. The highest BCUT2D eigenvalue weighted by atomic mass is 16.5. The van der Waals surface area contributed by atoms with Gasteiger partial charge < -0.3 is 15.4 Å². The van der Waals surface area contributed by atoms with E-state index >= 15 is 0 Å². The number of rotatable bonds is 3. The molecule has 3 heterocycles. The normalized spacial score (nSPS) is 18.3. The smallest absolute Gasteiger partial charge is 0.319 e. The number of carbonyl (C=O) groups excluding carboxylic acids is 1. The molecule has 2 aromatic heterocycles. The topological polar surface area (TPSA) is 94.0 Å². The number of hydrogen-bond donors (Lipinski definition) is 2. The molecule has 0 radical (unpaired) electrons. The van der Waals surface area contributed by atoms with Gasteiger partial charge in [0.05, 0.1) is 24.1 Å². The van der Waals surface area contributed by atoms with Gasteiger partial charge in [-0.3, -0.25) is 0 Å². The highest BCUT2D eigenvalue weighted by Crippen LogP contribution is 2.36. The van der Waals surface area contributed by atoms with Crippen molar-refractivity contribution in [3.63, 3.8) is 0 Å². The predicted molar refractivity (Wildman–Crippen MR) is 90.6 cm³/mol. The van der Waals surface area contributed by atoms with Gasteiger partial charge in [-0.1, -0.05) is 18.2 Å². The molecule has 0 spiro atoms. The molecular weight excluding hydrogens is 320 g/mol. The van der Waals surface area contributed by atoms with Crippen LogP contribution in [-0.2, 0) is 0 Å². The van der Waals surface area contributed by atoms with Gasteiger partial charge in [-0.2, -0.15) is 5.10 Å². The van der Waals surface area contributed by atoms with E-state index in [9.17, 15) is 4.79 Å². The van der Waals surface area contributed by atoms with Crippen LogP contribution in [-0.4, -0.2) is 31.9 Å². The van der Waals surface area contributed by atoms with Gasteiger partial charge in [0.1, 0.15) is 11.9 Å². The summed E-state index contributed by atoms with van der Waals surface area (Å²) in [6.07, 6.45) is 6.31. The predicted octanol–water partition coefficient (Wildman–Crippen LogP) is 2.31. The minimum atomic E-state index is -0.328. The summed E-state index contributed by atoms with van der Waals surface area (Å²) < 4.78 is 7.25. The van der Waals surface area contributed by atoms with Gasteiger partial charge in [-0.15, -0.1) is 0 Å². The van der Waals surface area contributed by atoms with Gasteiger partial charge in [-0.25, -0.2) is 19.4 Å². The zero-order valence-corrected chi connectivity index (χ0v) is 13.5. The van der Waals surface area contributed by atoms with Crippen LogP contribution in [0, 0.1) is 0 Å². The van der Waals surface area contributed by atoms with Gasteiger partial charge in [0, 0.05) is 18.0 Å². The van der Waals surface area contributed by atoms with E-state index < -0.39 is 0 Å². The first-order valence-electron chi connectivity index (χ1n) is 7.86. The standard InChI is InChI=1S/C17H16N6O2/c1-11-15(13-5-2-3-6-14(13)25-11)22-17(24)21-12-9-20-23(10-12)16-18-7-4-8-19-16/h2-11,15H,1H3,(H2,21,22,24)/t11-,15+/m0/s1. The minimum absolute atomic E-state index is 0.136. The Balaban J connectivity index is 1.44. The molecule has 2 atom stereocenters. The van der Waals surface area contributed by atoms with E-state index in [4.69, 9.17) is 4.74 Å². The fraction of sp³-hybridized carbons (Fsp3) is 0.176. The van der Waals surface area contributed by atoms with Crippen molar-refractivity contribution >= 4 is 11.7 Å². The molecule has 0 unspecified atom stereocenters. The Bertz CT molecular complexity index is 895. The molecule has 4 rings (SSSR count). The molecular formula is C17H16N6O2. The number of urea groups is 1. The third-order valence-corrected chi connectivity index (χ3v) is 3.92. The summed E-state index contributed by atoms with van der Waals surface area (Å²) in [4.78, 5) is 20.5. The van der Waals surface area contributed by atoms with E-state index in [1.54, 1.807) is 30.9 Å². The Morgan fingerprint density at radius 2 is 2.00 bits per heavy atom.